The molecule has 132 valence electrons. The lowest BCUT2D eigenvalue weighted by Crippen LogP contribution is -2.45. The summed E-state index contributed by atoms with van der Waals surface area (Å²) in [5.41, 5.74) is -0.204. The second-order valence-electron chi connectivity index (χ2n) is 5.93. The van der Waals surface area contributed by atoms with Crippen LogP contribution in [0, 0.1) is 5.82 Å². The molecule has 0 radical (unpaired) electrons. The monoisotopic (exact) mass is 347 g/mol. The molecule has 0 bridgehead atoms. The number of nitrogens with zero attached hydrogens (tertiary/aromatic N) is 5. The van der Waals surface area contributed by atoms with Gasteiger partial charge in [-0.15, -0.1) is 0 Å². The van der Waals surface area contributed by atoms with Gasteiger partial charge in [-0.1, -0.05) is 12.1 Å². The van der Waals surface area contributed by atoms with Crippen molar-refractivity contribution in [2.75, 3.05) is 18.5 Å². The summed E-state index contributed by atoms with van der Waals surface area (Å²) in [5.74, 6) is -1.23. The fourth-order valence-electron chi connectivity index (χ4n) is 2.88. The zero-order valence-electron chi connectivity index (χ0n) is 13.9. The van der Waals surface area contributed by atoms with Gasteiger partial charge in [-0.2, -0.15) is 5.10 Å². The average molecular weight is 347 g/mol. The maximum Gasteiger partial charge on any atom is 0.345 e. The van der Waals surface area contributed by atoms with E-state index in [2.05, 4.69) is 5.10 Å². The number of carbonyl (C=O) groups excluding carboxylic acids is 2. The van der Waals surface area contributed by atoms with Crippen LogP contribution in [0.4, 0.5) is 10.1 Å². The van der Waals surface area contributed by atoms with E-state index in [4.69, 9.17) is 0 Å². The van der Waals surface area contributed by atoms with Crippen LogP contribution >= 0.6 is 0 Å². The molecule has 1 aliphatic rings. The highest BCUT2D eigenvalue weighted by atomic mass is 19.1. The van der Waals surface area contributed by atoms with E-state index < -0.39 is 23.5 Å². The largest absolute Gasteiger partial charge is 0.345 e. The van der Waals surface area contributed by atoms with E-state index in [0.29, 0.717) is 13.0 Å². The first-order valence-corrected chi connectivity index (χ1v) is 7.80. The third-order valence-corrected chi connectivity index (χ3v) is 4.35. The number of anilines is 1. The topological polar surface area (TPSA) is 80.4 Å². The molecule has 25 heavy (non-hydrogen) atoms. The fraction of sp³-hybridized carbons (Fsp3) is 0.375. The van der Waals surface area contributed by atoms with Crippen LogP contribution in [0.5, 0.6) is 0 Å². The van der Waals surface area contributed by atoms with Crippen molar-refractivity contribution in [2.24, 2.45) is 7.05 Å². The number of halogens is 1. The highest BCUT2D eigenvalue weighted by Crippen LogP contribution is 2.26. The minimum absolute atomic E-state index is 0.205. The van der Waals surface area contributed by atoms with Gasteiger partial charge in [0.1, 0.15) is 24.7 Å². The van der Waals surface area contributed by atoms with Crippen molar-refractivity contribution < 1.29 is 14.0 Å². The van der Waals surface area contributed by atoms with Crippen molar-refractivity contribution in [1.82, 2.24) is 19.2 Å². The summed E-state index contributed by atoms with van der Waals surface area (Å²) >= 11 is 0. The maximum absolute atomic E-state index is 13.9. The Morgan fingerprint density at radius 3 is 2.72 bits per heavy atom. The second kappa shape index (κ2) is 6.50. The van der Waals surface area contributed by atoms with Crippen LogP contribution < -0.4 is 10.6 Å². The predicted molar refractivity (Wildman–Crippen MR) is 87.4 cm³/mol. The van der Waals surface area contributed by atoms with Gasteiger partial charge in [0, 0.05) is 20.6 Å². The van der Waals surface area contributed by atoms with Crippen molar-refractivity contribution in [2.45, 2.75) is 19.0 Å². The molecule has 9 heteroatoms. The number of likely N-dealkylation sites (N-methyl/N-ethyl adjacent to an activating group) is 1. The van der Waals surface area contributed by atoms with Crippen molar-refractivity contribution >= 4 is 17.5 Å². The van der Waals surface area contributed by atoms with Crippen molar-refractivity contribution in [3.8, 4) is 0 Å². The van der Waals surface area contributed by atoms with Gasteiger partial charge in [-0.25, -0.2) is 13.9 Å². The number of rotatable bonds is 4. The van der Waals surface area contributed by atoms with Gasteiger partial charge >= 0.3 is 5.69 Å². The third kappa shape index (κ3) is 3.04. The van der Waals surface area contributed by atoms with Gasteiger partial charge in [-0.05, 0) is 18.6 Å². The van der Waals surface area contributed by atoms with E-state index >= 15 is 0 Å². The number of hydrogen-bond acceptors (Lipinski definition) is 4. The molecule has 3 rings (SSSR count). The number of aromatic nitrogens is 3. The number of hydrogen-bond donors (Lipinski definition) is 0. The molecule has 2 aromatic rings. The molecule has 2 amide bonds. The molecular weight excluding hydrogens is 329 g/mol. The van der Waals surface area contributed by atoms with E-state index in [1.165, 1.54) is 46.9 Å². The Balaban J connectivity index is 1.73. The van der Waals surface area contributed by atoms with Crippen LogP contribution in [-0.2, 0) is 23.2 Å². The first-order valence-electron chi connectivity index (χ1n) is 7.80. The molecule has 0 aliphatic carbocycles. The molecule has 0 saturated carbocycles. The molecule has 1 saturated heterocycles. The van der Waals surface area contributed by atoms with Crippen LogP contribution in [0.1, 0.15) is 6.42 Å². The molecule has 2 heterocycles. The highest BCUT2D eigenvalue weighted by molar-refractivity contribution is 6.01. The minimum atomic E-state index is -0.688. The number of benzene rings is 1. The molecule has 1 unspecified atom stereocenters. The summed E-state index contributed by atoms with van der Waals surface area (Å²) in [7, 11) is 3.04. The van der Waals surface area contributed by atoms with E-state index in [9.17, 15) is 18.8 Å². The van der Waals surface area contributed by atoms with Crippen LogP contribution in [0.25, 0.3) is 0 Å². The normalized spacial score (nSPS) is 17.2. The Kier molecular flexibility index (Phi) is 4.39. The lowest BCUT2D eigenvalue weighted by molar-refractivity contribution is -0.137. The second-order valence-corrected chi connectivity index (χ2v) is 5.93. The summed E-state index contributed by atoms with van der Waals surface area (Å²) < 4.78 is 16.2. The molecule has 1 atom stereocenters. The van der Waals surface area contributed by atoms with Gasteiger partial charge in [0.05, 0.1) is 5.69 Å². The van der Waals surface area contributed by atoms with Crippen LogP contribution in [0.2, 0.25) is 0 Å². The zero-order chi connectivity index (χ0) is 18.1. The van der Waals surface area contributed by atoms with E-state index in [1.807, 2.05) is 0 Å². The lowest BCUT2D eigenvalue weighted by atomic mass is 10.2. The van der Waals surface area contributed by atoms with Crippen molar-refractivity contribution in [3.05, 3.63) is 46.9 Å². The van der Waals surface area contributed by atoms with Crippen LogP contribution in [0.15, 0.2) is 35.4 Å². The molecular formula is C16H18FN5O3. The van der Waals surface area contributed by atoms with Gasteiger partial charge in [-0.3, -0.25) is 14.2 Å². The van der Waals surface area contributed by atoms with Crippen LogP contribution in [0.3, 0.4) is 0 Å². The zero-order valence-corrected chi connectivity index (χ0v) is 13.9. The predicted octanol–water partition coefficient (Wildman–Crippen LogP) is -0.0152. The van der Waals surface area contributed by atoms with Gasteiger partial charge < -0.3 is 9.80 Å². The standard InChI is InChI=1S/C16H18FN5O3/c1-19-10-18-22(16(19)25)9-14(23)20(2)13-7-8-21(15(13)24)12-6-4-3-5-11(12)17/h3-6,10,13H,7-9H2,1-2H3. The molecule has 1 fully saturated rings. The number of amides is 2. The Labute approximate surface area is 143 Å². The number of para-hydroxylation sites is 1. The average Bonchev–Trinajstić information content (AvgIpc) is 3.12. The Hall–Kier alpha value is -2.97. The molecule has 1 aromatic heterocycles. The number of carbonyl (C=O) groups is 2. The first kappa shape index (κ1) is 16.9. The Morgan fingerprint density at radius 1 is 1.36 bits per heavy atom. The lowest BCUT2D eigenvalue weighted by Gasteiger charge is -2.24. The summed E-state index contributed by atoms with van der Waals surface area (Å²) in [6.45, 7) is 0.0746. The smallest absolute Gasteiger partial charge is 0.332 e. The van der Waals surface area contributed by atoms with Gasteiger partial charge in [0.25, 0.3) is 0 Å². The Morgan fingerprint density at radius 2 is 2.08 bits per heavy atom. The minimum Gasteiger partial charge on any atom is -0.332 e. The van der Waals surface area contributed by atoms with E-state index in [1.54, 1.807) is 12.1 Å². The van der Waals surface area contributed by atoms with Crippen molar-refractivity contribution in [1.29, 1.82) is 0 Å². The molecule has 1 aromatic carbocycles. The summed E-state index contributed by atoms with van der Waals surface area (Å²) in [6, 6.07) is 5.34. The Bertz CT molecular complexity index is 875. The summed E-state index contributed by atoms with van der Waals surface area (Å²) in [6.07, 6.45) is 1.71. The van der Waals surface area contributed by atoms with Gasteiger partial charge in [0.15, 0.2) is 0 Å². The highest BCUT2D eigenvalue weighted by Gasteiger charge is 2.38. The third-order valence-electron chi connectivity index (χ3n) is 4.35. The van der Waals surface area contributed by atoms with Crippen LogP contribution in [-0.4, -0.2) is 50.7 Å². The number of aryl methyl sites for hydroxylation is 1. The fourth-order valence-corrected chi connectivity index (χ4v) is 2.88. The van der Waals surface area contributed by atoms with E-state index in [0.717, 1.165) is 4.68 Å². The molecule has 1 aliphatic heterocycles. The van der Waals surface area contributed by atoms with Gasteiger partial charge in [0.2, 0.25) is 11.8 Å². The molecule has 0 spiro atoms. The molecule has 0 N–H and O–H groups in total. The molecule has 8 nitrogen and oxygen atoms in total. The van der Waals surface area contributed by atoms with E-state index in [-0.39, 0.29) is 18.1 Å². The summed E-state index contributed by atoms with van der Waals surface area (Å²) in [4.78, 5) is 39.4. The maximum atomic E-state index is 13.9. The SMILES string of the molecule is CN(C(=O)Cn1ncn(C)c1=O)C1CCN(c2ccccc2F)C1=O. The summed E-state index contributed by atoms with van der Waals surface area (Å²) in [5, 5.41) is 3.83. The van der Waals surface area contributed by atoms with Crippen molar-refractivity contribution in [3.63, 3.8) is 0 Å². The quantitative estimate of drug-likeness (QED) is 0.779. The first-order chi connectivity index (χ1) is 11.9.